The highest BCUT2D eigenvalue weighted by atomic mass is 16.5. The van der Waals surface area contributed by atoms with Crippen LogP contribution in [0, 0.1) is 6.92 Å². The Labute approximate surface area is 131 Å². The molecule has 0 spiro atoms. The lowest BCUT2D eigenvalue weighted by atomic mass is 10.1. The Morgan fingerprint density at radius 2 is 2.32 bits per heavy atom. The van der Waals surface area contributed by atoms with Gasteiger partial charge in [0.15, 0.2) is 0 Å². The number of fused-ring (bicyclic) bond motifs is 1. The van der Waals surface area contributed by atoms with Crippen LogP contribution in [0.5, 0.6) is 11.5 Å². The van der Waals surface area contributed by atoms with Gasteiger partial charge in [-0.1, -0.05) is 0 Å². The highest BCUT2D eigenvalue weighted by Gasteiger charge is 2.21. The third-order valence-corrected chi connectivity index (χ3v) is 3.89. The van der Waals surface area contributed by atoms with E-state index < -0.39 is 0 Å². The maximum absolute atomic E-state index is 5.83. The Morgan fingerprint density at radius 1 is 1.45 bits per heavy atom. The number of methoxy groups -OCH3 is 1. The van der Waals surface area contributed by atoms with E-state index in [1.54, 1.807) is 7.11 Å². The van der Waals surface area contributed by atoms with Crippen LogP contribution in [0.1, 0.15) is 23.6 Å². The second-order valence-electron chi connectivity index (χ2n) is 5.86. The summed E-state index contributed by atoms with van der Waals surface area (Å²) in [5.74, 6) is 1.92. The van der Waals surface area contributed by atoms with E-state index in [1.807, 2.05) is 24.0 Å². The molecule has 2 heterocycles. The highest BCUT2D eigenvalue weighted by Crippen LogP contribution is 2.34. The van der Waals surface area contributed by atoms with Gasteiger partial charge in [-0.25, -0.2) is 0 Å². The van der Waals surface area contributed by atoms with E-state index in [-0.39, 0.29) is 6.10 Å². The average Bonchev–Trinajstić information content (AvgIpc) is 3.06. The van der Waals surface area contributed by atoms with Crippen molar-refractivity contribution in [2.75, 3.05) is 13.7 Å². The summed E-state index contributed by atoms with van der Waals surface area (Å²) in [6, 6.07) is 4.20. The van der Waals surface area contributed by atoms with Gasteiger partial charge in [0.05, 0.1) is 19.9 Å². The molecule has 1 atom stereocenters. The minimum Gasteiger partial charge on any atom is -0.496 e. The lowest BCUT2D eigenvalue weighted by molar-refractivity contribution is 0.254. The molecule has 1 aliphatic rings. The first-order valence-corrected chi connectivity index (χ1v) is 7.72. The summed E-state index contributed by atoms with van der Waals surface area (Å²) in [5.41, 5.74) is 3.55. The molecule has 22 heavy (non-hydrogen) atoms. The molecule has 0 fully saturated rings. The number of nitrogens with one attached hydrogen (secondary N) is 1. The van der Waals surface area contributed by atoms with Crippen LogP contribution < -0.4 is 14.8 Å². The number of nitrogens with zero attached hydrogens (tertiary/aromatic N) is 2. The van der Waals surface area contributed by atoms with Gasteiger partial charge >= 0.3 is 0 Å². The summed E-state index contributed by atoms with van der Waals surface area (Å²) in [4.78, 5) is 0. The molecule has 0 bridgehead atoms. The van der Waals surface area contributed by atoms with Crippen LogP contribution in [0.15, 0.2) is 24.5 Å². The summed E-state index contributed by atoms with van der Waals surface area (Å²) >= 11 is 0. The first kappa shape index (κ1) is 14.9. The molecule has 1 aromatic heterocycles. The second-order valence-corrected chi connectivity index (χ2v) is 5.86. The zero-order valence-electron chi connectivity index (χ0n) is 13.4. The van der Waals surface area contributed by atoms with Crippen molar-refractivity contribution in [2.24, 2.45) is 0 Å². The Hall–Kier alpha value is -2.01. The standard InChI is InChI=1S/C17H23N3O2/c1-12-9-19-20(11-12)5-4-18-10-15-8-17-14(6-13(2)22-17)7-16(15)21-3/h7-9,11,13,18H,4-6,10H2,1-3H3. The van der Waals surface area contributed by atoms with E-state index in [4.69, 9.17) is 9.47 Å². The largest absolute Gasteiger partial charge is 0.496 e. The normalized spacial score (nSPS) is 16.4. The maximum atomic E-state index is 5.83. The van der Waals surface area contributed by atoms with Crippen molar-refractivity contribution in [3.05, 3.63) is 41.2 Å². The number of aryl methyl sites for hydroxylation is 1. The van der Waals surface area contributed by atoms with E-state index in [0.717, 1.165) is 43.1 Å². The topological polar surface area (TPSA) is 48.3 Å². The van der Waals surface area contributed by atoms with Crippen LogP contribution in [0.2, 0.25) is 0 Å². The first-order chi connectivity index (χ1) is 10.7. The third-order valence-electron chi connectivity index (χ3n) is 3.89. The van der Waals surface area contributed by atoms with Gasteiger partial charge in [-0.05, 0) is 31.5 Å². The molecule has 1 aromatic carbocycles. The van der Waals surface area contributed by atoms with Crippen molar-refractivity contribution in [1.29, 1.82) is 0 Å². The summed E-state index contributed by atoms with van der Waals surface area (Å²) in [5, 5.41) is 7.72. The van der Waals surface area contributed by atoms with Crippen LogP contribution in [0.25, 0.3) is 0 Å². The molecule has 1 aliphatic heterocycles. The van der Waals surface area contributed by atoms with Gasteiger partial charge in [0.2, 0.25) is 0 Å². The molecular formula is C17H23N3O2. The molecular weight excluding hydrogens is 278 g/mol. The van der Waals surface area contributed by atoms with E-state index in [9.17, 15) is 0 Å². The van der Waals surface area contributed by atoms with E-state index >= 15 is 0 Å². The van der Waals surface area contributed by atoms with Crippen molar-refractivity contribution in [3.63, 3.8) is 0 Å². The number of rotatable bonds is 6. The molecule has 2 aromatic rings. The van der Waals surface area contributed by atoms with Gasteiger partial charge in [-0.2, -0.15) is 5.10 Å². The fourth-order valence-corrected chi connectivity index (χ4v) is 2.82. The third kappa shape index (κ3) is 3.25. The molecule has 5 nitrogen and oxygen atoms in total. The predicted molar refractivity (Wildman–Crippen MR) is 85.5 cm³/mol. The number of ether oxygens (including phenoxy) is 2. The van der Waals surface area contributed by atoms with Crippen molar-refractivity contribution in [1.82, 2.24) is 15.1 Å². The molecule has 3 rings (SSSR count). The fourth-order valence-electron chi connectivity index (χ4n) is 2.82. The monoisotopic (exact) mass is 301 g/mol. The Kier molecular flexibility index (Phi) is 4.34. The number of aromatic nitrogens is 2. The zero-order valence-corrected chi connectivity index (χ0v) is 13.4. The highest BCUT2D eigenvalue weighted by molar-refractivity contribution is 5.48. The second kappa shape index (κ2) is 6.40. The molecule has 0 radical (unpaired) electrons. The lowest BCUT2D eigenvalue weighted by Gasteiger charge is -2.12. The molecule has 0 amide bonds. The van der Waals surface area contributed by atoms with Crippen molar-refractivity contribution < 1.29 is 9.47 Å². The van der Waals surface area contributed by atoms with Crippen molar-refractivity contribution in [2.45, 2.75) is 39.5 Å². The predicted octanol–water partition coefficient (Wildman–Crippen LogP) is 2.31. The Morgan fingerprint density at radius 3 is 3.05 bits per heavy atom. The lowest BCUT2D eigenvalue weighted by Crippen LogP contribution is -2.20. The molecule has 0 aliphatic carbocycles. The summed E-state index contributed by atoms with van der Waals surface area (Å²) in [7, 11) is 1.72. The zero-order chi connectivity index (χ0) is 15.5. The minimum absolute atomic E-state index is 0.256. The van der Waals surface area contributed by atoms with Crippen LogP contribution in [-0.2, 0) is 19.5 Å². The van der Waals surface area contributed by atoms with Gasteiger partial charge in [-0.3, -0.25) is 4.68 Å². The average molecular weight is 301 g/mol. The number of benzene rings is 1. The summed E-state index contributed by atoms with van der Waals surface area (Å²) in [6.45, 7) is 6.62. The molecule has 1 N–H and O–H groups in total. The quantitative estimate of drug-likeness (QED) is 0.832. The van der Waals surface area contributed by atoms with Crippen LogP contribution in [-0.4, -0.2) is 29.5 Å². The van der Waals surface area contributed by atoms with Crippen LogP contribution in [0.4, 0.5) is 0 Å². The van der Waals surface area contributed by atoms with Gasteiger partial charge in [0.25, 0.3) is 0 Å². The Balaban J connectivity index is 1.59. The molecule has 0 saturated heterocycles. The smallest absolute Gasteiger partial charge is 0.123 e. The van der Waals surface area contributed by atoms with Crippen molar-refractivity contribution in [3.8, 4) is 11.5 Å². The summed E-state index contributed by atoms with van der Waals surface area (Å²) < 4.78 is 13.3. The van der Waals surface area contributed by atoms with Crippen LogP contribution >= 0.6 is 0 Å². The molecule has 1 unspecified atom stereocenters. The summed E-state index contributed by atoms with van der Waals surface area (Å²) in [6.07, 6.45) is 5.14. The van der Waals surface area contributed by atoms with E-state index in [1.165, 1.54) is 11.1 Å². The van der Waals surface area contributed by atoms with Crippen LogP contribution in [0.3, 0.4) is 0 Å². The van der Waals surface area contributed by atoms with Gasteiger partial charge in [0, 0.05) is 36.8 Å². The van der Waals surface area contributed by atoms with Crippen molar-refractivity contribution >= 4 is 0 Å². The van der Waals surface area contributed by atoms with E-state index in [0.29, 0.717) is 0 Å². The van der Waals surface area contributed by atoms with Gasteiger partial charge in [-0.15, -0.1) is 0 Å². The fraction of sp³-hybridized carbons (Fsp3) is 0.471. The molecule has 5 heteroatoms. The Bertz CT molecular complexity index is 651. The van der Waals surface area contributed by atoms with E-state index in [2.05, 4.69) is 29.5 Å². The maximum Gasteiger partial charge on any atom is 0.123 e. The number of hydrogen-bond donors (Lipinski definition) is 1. The molecule has 0 saturated carbocycles. The minimum atomic E-state index is 0.256. The number of hydrogen-bond acceptors (Lipinski definition) is 4. The van der Waals surface area contributed by atoms with Gasteiger partial charge in [0.1, 0.15) is 17.6 Å². The SMILES string of the molecule is COc1cc2c(cc1CNCCn1cc(C)cn1)OC(C)C2. The first-order valence-electron chi connectivity index (χ1n) is 7.72. The van der Waals surface area contributed by atoms with Gasteiger partial charge < -0.3 is 14.8 Å². The molecule has 118 valence electrons.